The molecule has 2 heterocycles. The predicted octanol–water partition coefficient (Wildman–Crippen LogP) is 4.57. The summed E-state index contributed by atoms with van der Waals surface area (Å²) in [5.74, 6) is 0.590. The van der Waals surface area contributed by atoms with E-state index >= 15 is 0 Å². The maximum absolute atomic E-state index is 11.5. The minimum absolute atomic E-state index is 0.0474. The van der Waals surface area contributed by atoms with E-state index in [0.717, 1.165) is 23.3 Å². The molecule has 0 bridgehead atoms. The molecule has 4 atom stereocenters. The molecule has 1 fully saturated rings. The molecule has 0 aromatic heterocycles. The minimum atomic E-state index is -0.235. The van der Waals surface area contributed by atoms with E-state index in [1.807, 2.05) is 42.5 Å². The number of ether oxygens (including phenoxy) is 5. The van der Waals surface area contributed by atoms with Gasteiger partial charge in [0.15, 0.2) is 0 Å². The fourth-order valence-electron chi connectivity index (χ4n) is 4.21. The number of allylic oxidation sites excluding steroid dienone is 1. The Balaban J connectivity index is 1.37. The van der Waals surface area contributed by atoms with E-state index in [1.165, 1.54) is 7.11 Å². The van der Waals surface area contributed by atoms with Crippen LogP contribution in [0.15, 0.2) is 72.5 Å². The molecular formula is C27H32O6. The van der Waals surface area contributed by atoms with E-state index in [0.29, 0.717) is 39.1 Å². The van der Waals surface area contributed by atoms with Crippen LogP contribution in [-0.4, -0.2) is 44.1 Å². The van der Waals surface area contributed by atoms with Crippen molar-refractivity contribution < 1.29 is 28.5 Å². The SMILES string of the molecule is COC(=O)CCC1=CC[C@H]2O[C@@H](COCc3ccccc3)[C@H](OCc3ccccc3)C[C@@H]2O1. The molecule has 0 radical (unpaired) electrons. The molecule has 0 unspecified atom stereocenters. The van der Waals surface area contributed by atoms with Crippen LogP contribution in [0.5, 0.6) is 0 Å². The summed E-state index contributed by atoms with van der Waals surface area (Å²) in [5.41, 5.74) is 2.25. The number of carbonyl (C=O) groups excluding carboxylic acids is 1. The summed E-state index contributed by atoms with van der Waals surface area (Å²) in [6, 6.07) is 20.2. The Morgan fingerprint density at radius 3 is 2.36 bits per heavy atom. The Bertz CT molecular complexity index is 897. The molecular weight excluding hydrogens is 420 g/mol. The number of rotatable bonds is 10. The van der Waals surface area contributed by atoms with E-state index in [1.54, 1.807) is 0 Å². The minimum Gasteiger partial charge on any atom is -0.492 e. The molecule has 6 nitrogen and oxygen atoms in total. The zero-order valence-electron chi connectivity index (χ0n) is 19.1. The number of hydrogen-bond acceptors (Lipinski definition) is 6. The predicted molar refractivity (Wildman–Crippen MR) is 123 cm³/mol. The Labute approximate surface area is 195 Å². The third-order valence-corrected chi connectivity index (χ3v) is 6.03. The van der Waals surface area contributed by atoms with Gasteiger partial charge in [-0.3, -0.25) is 4.79 Å². The van der Waals surface area contributed by atoms with Gasteiger partial charge in [-0.25, -0.2) is 0 Å². The molecule has 0 N–H and O–H groups in total. The first kappa shape index (κ1) is 23.5. The third-order valence-electron chi connectivity index (χ3n) is 6.03. The summed E-state index contributed by atoms with van der Waals surface area (Å²) >= 11 is 0. The number of benzene rings is 2. The van der Waals surface area contributed by atoms with Crippen LogP contribution in [0, 0.1) is 0 Å². The summed E-state index contributed by atoms with van der Waals surface area (Å²) in [6.07, 6.45) is 3.86. The second kappa shape index (κ2) is 12.0. The van der Waals surface area contributed by atoms with E-state index in [4.69, 9.17) is 23.7 Å². The molecule has 1 saturated heterocycles. The van der Waals surface area contributed by atoms with Gasteiger partial charge in [0.1, 0.15) is 12.2 Å². The van der Waals surface area contributed by atoms with Crippen molar-refractivity contribution in [2.45, 2.75) is 63.3 Å². The van der Waals surface area contributed by atoms with Gasteiger partial charge < -0.3 is 23.7 Å². The average molecular weight is 453 g/mol. The number of methoxy groups -OCH3 is 1. The Morgan fingerprint density at radius 1 is 0.970 bits per heavy atom. The summed E-state index contributed by atoms with van der Waals surface area (Å²) in [5, 5.41) is 0. The van der Waals surface area contributed by atoms with Crippen molar-refractivity contribution in [2.75, 3.05) is 13.7 Å². The summed E-state index contributed by atoms with van der Waals surface area (Å²) < 4.78 is 29.7. The van der Waals surface area contributed by atoms with Gasteiger partial charge >= 0.3 is 5.97 Å². The molecule has 6 heteroatoms. The summed E-state index contributed by atoms with van der Waals surface area (Å²) in [4.78, 5) is 11.5. The molecule has 33 heavy (non-hydrogen) atoms. The monoisotopic (exact) mass is 452 g/mol. The first-order chi connectivity index (χ1) is 16.2. The topological polar surface area (TPSA) is 63.2 Å². The highest BCUT2D eigenvalue weighted by molar-refractivity contribution is 5.69. The van der Waals surface area contributed by atoms with Crippen LogP contribution in [-0.2, 0) is 41.7 Å². The zero-order valence-corrected chi connectivity index (χ0v) is 19.1. The van der Waals surface area contributed by atoms with Crippen molar-refractivity contribution in [3.8, 4) is 0 Å². The van der Waals surface area contributed by atoms with Crippen LogP contribution in [0.3, 0.4) is 0 Å². The van der Waals surface area contributed by atoms with Crippen molar-refractivity contribution in [2.24, 2.45) is 0 Å². The molecule has 0 aliphatic carbocycles. The van der Waals surface area contributed by atoms with Crippen LogP contribution in [0.25, 0.3) is 0 Å². The lowest BCUT2D eigenvalue weighted by Crippen LogP contribution is -2.51. The molecule has 2 aliphatic heterocycles. The van der Waals surface area contributed by atoms with Crippen molar-refractivity contribution in [1.29, 1.82) is 0 Å². The number of esters is 1. The number of hydrogen-bond donors (Lipinski definition) is 0. The quantitative estimate of drug-likeness (QED) is 0.492. The lowest BCUT2D eigenvalue weighted by atomic mass is 9.94. The maximum Gasteiger partial charge on any atom is 0.305 e. The first-order valence-corrected chi connectivity index (χ1v) is 11.6. The Kier molecular flexibility index (Phi) is 8.53. The maximum atomic E-state index is 11.5. The van der Waals surface area contributed by atoms with Crippen molar-refractivity contribution in [3.63, 3.8) is 0 Å². The lowest BCUT2D eigenvalue weighted by Gasteiger charge is -2.43. The molecule has 2 aromatic rings. The van der Waals surface area contributed by atoms with E-state index < -0.39 is 0 Å². The van der Waals surface area contributed by atoms with Crippen LogP contribution in [0.1, 0.15) is 36.8 Å². The fraction of sp³-hybridized carbons (Fsp3) is 0.444. The van der Waals surface area contributed by atoms with Crippen LogP contribution >= 0.6 is 0 Å². The molecule has 4 rings (SSSR count). The second-order valence-electron chi connectivity index (χ2n) is 8.42. The number of fused-ring (bicyclic) bond motifs is 1. The van der Waals surface area contributed by atoms with Crippen molar-refractivity contribution >= 4 is 5.97 Å². The van der Waals surface area contributed by atoms with Crippen molar-refractivity contribution in [1.82, 2.24) is 0 Å². The smallest absolute Gasteiger partial charge is 0.305 e. The fourth-order valence-corrected chi connectivity index (χ4v) is 4.21. The Morgan fingerprint density at radius 2 is 1.67 bits per heavy atom. The first-order valence-electron chi connectivity index (χ1n) is 11.6. The van der Waals surface area contributed by atoms with Gasteiger partial charge in [-0.15, -0.1) is 0 Å². The third kappa shape index (κ3) is 6.90. The lowest BCUT2D eigenvalue weighted by molar-refractivity contribution is -0.209. The molecule has 2 aromatic carbocycles. The van der Waals surface area contributed by atoms with E-state index in [-0.39, 0.29) is 30.4 Å². The van der Waals surface area contributed by atoms with Gasteiger partial charge in [-0.05, 0) is 23.6 Å². The van der Waals surface area contributed by atoms with E-state index in [2.05, 4.69) is 24.3 Å². The largest absolute Gasteiger partial charge is 0.492 e. The van der Waals surface area contributed by atoms with Gasteiger partial charge in [0.05, 0.1) is 51.3 Å². The highest BCUT2D eigenvalue weighted by Gasteiger charge is 2.41. The molecule has 0 saturated carbocycles. The second-order valence-corrected chi connectivity index (χ2v) is 8.42. The highest BCUT2D eigenvalue weighted by Crippen LogP contribution is 2.33. The van der Waals surface area contributed by atoms with E-state index in [9.17, 15) is 4.79 Å². The van der Waals surface area contributed by atoms with Gasteiger partial charge in [0, 0.05) is 12.8 Å². The van der Waals surface area contributed by atoms with Crippen molar-refractivity contribution in [3.05, 3.63) is 83.6 Å². The molecule has 0 amide bonds. The Hall–Kier alpha value is -2.67. The number of carbonyl (C=O) groups is 1. The standard InChI is InChI=1S/C27H32O6/c1-29-27(28)15-13-22-12-14-23-25(32-22)16-24(31-18-21-10-6-3-7-11-21)26(33-23)19-30-17-20-8-4-2-5-9-20/h2-12,23-26H,13-19H2,1H3/t23-,24-,25+,26+/m1/s1. The highest BCUT2D eigenvalue weighted by atomic mass is 16.6. The molecule has 0 spiro atoms. The average Bonchev–Trinajstić information content (AvgIpc) is 2.87. The summed E-state index contributed by atoms with van der Waals surface area (Å²) in [7, 11) is 1.40. The zero-order chi connectivity index (χ0) is 22.9. The summed E-state index contributed by atoms with van der Waals surface area (Å²) in [6.45, 7) is 1.50. The van der Waals surface area contributed by atoms with Crippen LogP contribution in [0.4, 0.5) is 0 Å². The normalized spacial score (nSPS) is 24.3. The van der Waals surface area contributed by atoms with Gasteiger partial charge in [0.25, 0.3) is 0 Å². The van der Waals surface area contributed by atoms with Gasteiger partial charge in [-0.2, -0.15) is 0 Å². The molecule has 2 aliphatic rings. The van der Waals surface area contributed by atoms with Crippen LogP contribution in [0.2, 0.25) is 0 Å². The van der Waals surface area contributed by atoms with Gasteiger partial charge in [0.2, 0.25) is 0 Å². The van der Waals surface area contributed by atoms with Crippen LogP contribution < -0.4 is 0 Å². The van der Waals surface area contributed by atoms with Gasteiger partial charge in [-0.1, -0.05) is 60.7 Å². The molecule has 176 valence electrons.